The molecule has 7 heteroatoms. The summed E-state index contributed by atoms with van der Waals surface area (Å²) in [6.45, 7) is 5.45. The first-order valence-electron chi connectivity index (χ1n) is 8.69. The number of piperidine rings is 1. The fraction of sp³-hybridized carbons (Fsp3) is 0.350. The molecule has 0 spiro atoms. The number of aryl methyl sites for hydroxylation is 1. The Morgan fingerprint density at radius 1 is 1.37 bits per heavy atom. The van der Waals surface area contributed by atoms with Crippen molar-refractivity contribution in [2.75, 3.05) is 13.1 Å². The first kappa shape index (κ1) is 20.8. The zero-order valence-electron chi connectivity index (χ0n) is 15.3. The lowest BCUT2D eigenvalue weighted by Crippen LogP contribution is -2.30. The molecule has 0 aromatic carbocycles. The van der Waals surface area contributed by atoms with E-state index in [0.717, 1.165) is 31.5 Å². The number of aromatic nitrogens is 1. The van der Waals surface area contributed by atoms with E-state index >= 15 is 0 Å². The zero-order chi connectivity index (χ0) is 18.7. The van der Waals surface area contributed by atoms with E-state index in [0.29, 0.717) is 17.0 Å². The Labute approximate surface area is 164 Å². The van der Waals surface area contributed by atoms with Crippen molar-refractivity contribution < 1.29 is 9.18 Å². The van der Waals surface area contributed by atoms with Gasteiger partial charge in [-0.15, -0.1) is 12.4 Å². The van der Waals surface area contributed by atoms with E-state index in [1.165, 1.54) is 23.9 Å². The third-order valence-corrected chi connectivity index (χ3v) is 4.86. The van der Waals surface area contributed by atoms with E-state index in [2.05, 4.69) is 15.6 Å². The number of hydrogen-bond donors (Lipinski definition) is 2. The van der Waals surface area contributed by atoms with Crippen LogP contribution in [0.15, 0.2) is 47.1 Å². The van der Waals surface area contributed by atoms with Crippen molar-refractivity contribution in [3.63, 3.8) is 0 Å². The smallest absolute Gasteiger partial charge is 0.257 e. The van der Waals surface area contributed by atoms with Gasteiger partial charge in [-0.2, -0.15) is 5.26 Å². The molecule has 0 bridgehead atoms. The number of carbonyl (C=O) groups excluding carboxylic acids is 1. The molecule has 0 saturated carbocycles. The van der Waals surface area contributed by atoms with Crippen molar-refractivity contribution in [3.8, 4) is 6.07 Å². The summed E-state index contributed by atoms with van der Waals surface area (Å²) in [6, 6.07) is 3.52. The largest absolute Gasteiger partial charge is 0.325 e. The van der Waals surface area contributed by atoms with E-state index in [1.807, 2.05) is 13.0 Å². The standard InChI is InChI=1S/C20H21FN4O.ClH/c1-12-18(14-3-5-23-6-4-14)8-17(21)9-19(12)25-20(26)16-7-15(10-22)13(2)24-11-16;/h7-9,11-12,23H,3-6H2,1-2H3,(H,25,26);1H. The van der Waals surface area contributed by atoms with Gasteiger partial charge in [0.1, 0.15) is 11.9 Å². The second-order valence-corrected chi connectivity index (χ2v) is 6.58. The second kappa shape index (κ2) is 8.94. The third kappa shape index (κ3) is 4.62. The van der Waals surface area contributed by atoms with Crippen LogP contribution < -0.4 is 10.6 Å². The van der Waals surface area contributed by atoms with Crippen molar-refractivity contribution in [1.29, 1.82) is 5.26 Å². The summed E-state index contributed by atoms with van der Waals surface area (Å²) < 4.78 is 14.2. The van der Waals surface area contributed by atoms with Crippen molar-refractivity contribution in [3.05, 3.63) is 63.9 Å². The number of rotatable bonds is 2. The minimum atomic E-state index is -0.392. The Bertz CT molecular complexity index is 874. The molecule has 142 valence electrons. The van der Waals surface area contributed by atoms with Crippen LogP contribution in [-0.2, 0) is 0 Å². The maximum absolute atomic E-state index is 14.2. The van der Waals surface area contributed by atoms with Crippen LogP contribution in [0.3, 0.4) is 0 Å². The Kier molecular flexibility index (Phi) is 6.89. The Morgan fingerprint density at radius 2 is 2.07 bits per heavy atom. The van der Waals surface area contributed by atoms with Crippen LogP contribution in [0.1, 0.15) is 41.4 Å². The summed E-state index contributed by atoms with van der Waals surface area (Å²) in [5.41, 5.74) is 3.91. The number of nitriles is 1. The molecule has 5 nitrogen and oxygen atoms in total. The summed E-state index contributed by atoms with van der Waals surface area (Å²) in [5.74, 6) is -0.851. The highest BCUT2D eigenvalue weighted by atomic mass is 35.5. The lowest BCUT2D eigenvalue weighted by atomic mass is 9.85. The van der Waals surface area contributed by atoms with Crippen molar-refractivity contribution in [1.82, 2.24) is 15.6 Å². The van der Waals surface area contributed by atoms with Gasteiger partial charge in [0.15, 0.2) is 0 Å². The zero-order valence-corrected chi connectivity index (χ0v) is 16.1. The molecule has 0 radical (unpaired) electrons. The molecular formula is C20H22ClFN4O. The number of carbonyl (C=O) groups is 1. The summed E-state index contributed by atoms with van der Waals surface area (Å²) >= 11 is 0. The molecule has 2 aliphatic rings. The molecular weight excluding hydrogens is 367 g/mol. The molecule has 3 rings (SSSR count). The number of hydrogen-bond acceptors (Lipinski definition) is 4. The van der Waals surface area contributed by atoms with Gasteiger partial charge < -0.3 is 10.6 Å². The van der Waals surface area contributed by atoms with E-state index < -0.39 is 5.91 Å². The summed E-state index contributed by atoms with van der Waals surface area (Å²) in [5, 5.41) is 15.2. The van der Waals surface area contributed by atoms with Crippen LogP contribution in [0.4, 0.5) is 4.39 Å². The molecule has 1 atom stereocenters. The average molecular weight is 389 g/mol. The van der Waals surface area contributed by atoms with Crippen LogP contribution in [0.2, 0.25) is 0 Å². The Morgan fingerprint density at radius 3 is 2.74 bits per heavy atom. The molecule has 2 heterocycles. The number of nitrogens with one attached hydrogen (secondary N) is 2. The fourth-order valence-corrected chi connectivity index (χ4v) is 3.30. The number of allylic oxidation sites excluding steroid dienone is 4. The van der Waals surface area contributed by atoms with Crippen molar-refractivity contribution in [2.45, 2.75) is 26.7 Å². The van der Waals surface area contributed by atoms with Crippen LogP contribution in [0, 0.1) is 24.2 Å². The number of pyridine rings is 1. The molecule has 1 aromatic heterocycles. The molecule has 1 aliphatic heterocycles. The van der Waals surface area contributed by atoms with Gasteiger partial charge in [-0.3, -0.25) is 9.78 Å². The summed E-state index contributed by atoms with van der Waals surface area (Å²) in [6.07, 6.45) is 6.14. The molecule has 1 fully saturated rings. The Balaban J connectivity index is 0.00000261. The molecule has 1 amide bonds. The monoisotopic (exact) mass is 388 g/mol. The van der Waals surface area contributed by atoms with Gasteiger partial charge in [0.25, 0.3) is 5.91 Å². The van der Waals surface area contributed by atoms with E-state index in [4.69, 9.17) is 5.26 Å². The maximum Gasteiger partial charge on any atom is 0.257 e. The van der Waals surface area contributed by atoms with Crippen molar-refractivity contribution in [2.24, 2.45) is 5.92 Å². The molecule has 1 aromatic rings. The minimum absolute atomic E-state index is 0. The first-order chi connectivity index (χ1) is 12.5. The third-order valence-electron chi connectivity index (χ3n) is 4.86. The normalized spacial score (nSPS) is 19.4. The number of halogens is 2. The number of amides is 1. The lowest BCUT2D eigenvalue weighted by Gasteiger charge is -2.27. The highest BCUT2D eigenvalue weighted by Crippen LogP contribution is 2.32. The molecule has 27 heavy (non-hydrogen) atoms. The number of nitrogens with zero attached hydrogens (tertiary/aromatic N) is 2. The SMILES string of the molecule is Cc1ncc(C(=O)NC2=CC(F)=CC(=C3CCNCC3)C2C)cc1C#N.Cl. The summed E-state index contributed by atoms with van der Waals surface area (Å²) in [4.78, 5) is 16.6. The van der Waals surface area contributed by atoms with Gasteiger partial charge in [-0.25, -0.2) is 4.39 Å². The highest BCUT2D eigenvalue weighted by molar-refractivity contribution is 5.95. The fourth-order valence-electron chi connectivity index (χ4n) is 3.30. The van der Waals surface area contributed by atoms with Gasteiger partial charge in [0.2, 0.25) is 0 Å². The van der Waals surface area contributed by atoms with Crippen LogP contribution >= 0.6 is 12.4 Å². The maximum atomic E-state index is 14.2. The Hall–Kier alpha value is -2.49. The topological polar surface area (TPSA) is 77.8 Å². The predicted molar refractivity (Wildman–Crippen MR) is 104 cm³/mol. The van der Waals surface area contributed by atoms with Crippen molar-refractivity contribution >= 4 is 18.3 Å². The average Bonchev–Trinajstić information content (AvgIpc) is 2.65. The molecule has 2 N–H and O–H groups in total. The summed E-state index contributed by atoms with van der Waals surface area (Å²) in [7, 11) is 0. The van der Waals surface area contributed by atoms with E-state index in [1.54, 1.807) is 13.0 Å². The van der Waals surface area contributed by atoms with Crippen LogP contribution in [0.5, 0.6) is 0 Å². The second-order valence-electron chi connectivity index (χ2n) is 6.58. The highest BCUT2D eigenvalue weighted by Gasteiger charge is 2.24. The van der Waals surface area contributed by atoms with Crippen LogP contribution in [-0.4, -0.2) is 24.0 Å². The van der Waals surface area contributed by atoms with Gasteiger partial charge >= 0.3 is 0 Å². The lowest BCUT2D eigenvalue weighted by molar-refractivity contribution is 0.0962. The molecule has 1 aliphatic carbocycles. The quantitative estimate of drug-likeness (QED) is 0.813. The van der Waals surface area contributed by atoms with E-state index in [-0.39, 0.29) is 29.7 Å². The van der Waals surface area contributed by atoms with E-state index in [9.17, 15) is 9.18 Å². The van der Waals surface area contributed by atoms with Gasteiger partial charge in [0.05, 0.1) is 16.8 Å². The first-order valence-corrected chi connectivity index (χ1v) is 8.69. The van der Waals surface area contributed by atoms with Gasteiger partial charge in [-0.1, -0.05) is 12.5 Å². The molecule has 1 saturated heterocycles. The molecule has 1 unspecified atom stereocenters. The van der Waals surface area contributed by atoms with Gasteiger partial charge in [0, 0.05) is 17.8 Å². The predicted octanol–water partition coefficient (Wildman–Crippen LogP) is 3.48. The van der Waals surface area contributed by atoms with Gasteiger partial charge in [-0.05, 0) is 56.6 Å². The van der Waals surface area contributed by atoms with Crippen LogP contribution in [0.25, 0.3) is 0 Å². The minimum Gasteiger partial charge on any atom is -0.325 e.